The van der Waals surface area contributed by atoms with Gasteiger partial charge in [0.2, 0.25) is 5.88 Å². The van der Waals surface area contributed by atoms with Gasteiger partial charge in [0.15, 0.2) is 5.82 Å². The van der Waals surface area contributed by atoms with Crippen molar-refractivity contribution in [3.05, 3.63) is 81.2 Å². The molecule has 4 aromatic heterocycles. The fourth-order valence-corrected chi connectivity index (χ4v) is 3.68. The van der Waals surface area contributed by atoms with Gasteiger partial charge in [0, 0.05) is 25.6 Å². The van der Waals surface area contributed by atoms with Gasteiger partial charge in [0.05, 0.1) is 22.6 Å². The normalized spacial score (nSPS) is 11.7. The minimum Gasteiger partial charge on any atom is -0.471 e. The van der Waals surface area contributed by atoms with Gasteiger partial charge in [-0.1, -0.05) is 0 Å². The van der Waals surface area contributed by atoms with Crippen LogP contribution >= 0.6 is 0 Å². The highest BCUT2D eigenvalue weighted by molar-refractivity contribution is 5.59. The highest BCUT2D eigenvalue weighted by atomic mass is 19.1. The first kappa shape index (κ1) is 24.2. The Morgan fingerprint density at radius 3 is 2.51 bits per heavy atom. The summed E-state index contributed by atoms with van der Waals surface area (Å²) in [6.07, 6.45) is 4.77. The van der Waals surface area contributed by atoms with E-state index in [0.29, 0.717) is 34.1 Å². The van der Waals surface area contributed by atoms with Crippen molar-refractivity contribution in [3.63, 3.8) is 0 Å². The van der Waals surface area contributed by atoms with Crippen LogP contribution in [-0.2, 0) is 19.3 Å². The maximum Gasteiger partial charge on any atom is 0.278 e. The van der Waals surface area contributed by atoms with E-state index in [-0.39, 0.29) is 23.7 Å². The summed E-state index contributed by atoms with van der Waals surface area (Å²) in [5.74, 6) is 0.108. The van der Waals surface area contributed by atoms with Crippen LogP contribution in [0.4, 0.5) is 4.39 Å². The number of nitrogens with zero attached hydrogens (tertiary/aromatic N) is 6. The predicted octanol–water partition coefficient (Wildman–Crippen LogP) is 3.29. The smallest absolute Gasteiger partial charge is 0.278 e. The van der Waals surface area contributed by atoms with Gasteiger partial charge in [-0.2, -0.15) is 0 Å². The number of hydrogen-bond donors (Lipinski definition) is 1. The molecule has 0 radical (unpaired) electrons. The first-order valence-electron chi connectivity index (χ1n) is 11.0. The van der Waals surface area contributed by atoms with Crippen LogP contribution in [0.3, 0.4) is 0 Å². The molecular weight excluding hydrogens is 451 g/mol. The third kappa shape index (κ3) is 4.69. The summed E-state index contributed by atoms with van der Waals surface area (Å²) in [5, 5.41) is 10.3. The molecule has 10 heteroatoms. The Balaban J connectivity index is 1.74. The van der Waals surface area contributed by atoms with Gasteiger partial charge in [0.25, 0.3) is 5.56 Å². The van der Waals surface area contributed by atoms with Crippen LogP contribution in [0, 0.1) is 26.6 Å². The van der Waals surface area contributed by atoms with Crippen LogP contribution in [0.1, 0.15) is 42.1 Å². The van der Waals surface area contributed by atoms with Crippen LogP contribution in [0.2, 0.25) is 0 Å². The molecule has 35 heavy (non-hydrogen) atoms. The number of ether oxygens (including phenoxy) is 1. The molecule has 0 fully saturated rings. The number of pyridine rings is 2. The maximum atomic E-state index is 14.2. The van der Waals surface area contributed by atoms with Crippen molar-refractivity contribution < 1.29 is 14.2 Å². The quantitative estimate of drug-likeness (QED) is 0.453. The molecular formula is C25H27FN6O3. The molecule has 9 nitrogen and oxygen atoms in total. The topological polar surface area (TPSA) is 108 Å². The molecule has 1 N–H and O–H groups in total. The van der Waals surface area contributed by atoms with E-state index in [1.54, 1.807) is 70.1 Å². The summed E-state index contributed by atoms with van der Waals surface area (Å²) in [5.41, 5.74) is 2.12. The van der Waals surface area contributed by atoms with Gasteiger partial charge >= 0.3 is 0 Å². The van der Waals surface area contributed by atoms with Crippen molar-refractivity contribution in [2.45, 2.75) is 46.8 Å². The maximum absolute atomic E-state index is 14.2. The summed E-state index contributed by atoms with van der Waals surface area (Å²) >= 11 is 0. The molecule has 0 aromatic carbocycles. The lowest BCUT2D eigenvalue weighted by Crippen LogP contribution is -2.22. The van der Waals surface area contributed by atoms with Crippen molar-refractivity contribution >= 4 is 0 Å². The molecule has 0 saturated carbocycles. The minimum atomic E-state index is -1.21. The molecule has 0 aliphatic rings. The molecule has 0 bridgehead atoms. The molecule has 0 aliphatic carbocycles. The zero-order valence-corrected chi connectivity index (χ0v) is 20.5. The molecule has 4 rings (SSSR count). The molecule has 0 unspecified atom stereocenters. The molecule has 4 aromatic rings. The largest absolute Gasteiger partial charge is 0.471 e. The molecule has 0 atom stereocenters. The first-order chi connectivity index (χ1) is 16.5. The van der Waals surface area contributed by atoms with E-state index in [9.17, 15) is 14.3 Å². The lowest BCUT2D eigenvalue weighted by molar-refractivity contribution is 0.0688. The Bertz CT molecular complexity index is 1470. The van der Waals surface area contributed by atoms with Crippen molar-refractivity contribution in [2.75, 3.05) is 0 Å². The second-order valence-corrected chi connectivity index (χ2v) is 8.98. The minimum absolute atomic E-state index is 0.120. The third-order valence-electron chi connectivity index (χ3n) is 5.60. The van der Waals surface area contributed by atoms with Gasteiger partial charge in [-0.15, -0.1) is 0 Å². The summed E-state index contributed by atoms with van der Waals surface area (Å²) in [6.45, 7) is 8.34. The standard InChI is InChI=1S/C25H27FN6O3/c1-14-9-17(26)20(28-11-14)13-35-23-16(3)22(33)32(31(23)6)21-10-19(29-12-15(21)2)18-7-8-27-24(30-18)25(4,5)34/h7-12,34H,13H2,1-6H3. The molecule has 4 heterocycles. The third-order valence-corrected chi connectivity index (χ3v) is 5.60. The second-order valence-electron chi connectivity index (χ2n) is 8.98. The first-order valence-corrected chi connectivity index (χ1v) is 11.0. The molecule has 182 valence electrons. The van der Waals surface area contributed by atoms with Crippen LogP contribution in [0.5, 0.6) is 5.88 Å². The molecule has 0 amide bonds. The number of halogens is 1. The Morgan fingerprint density at radius 1 is 1.09 bits per heavy atom. The van der Waals surface area contributed by atoms with E-state index < -0.39 is 11.4 Å². The summed E-state index contributed by atoms with van der Waals surface area (Å²) in [6, 6.07) is 4.83. The number of aromatic nitrogens is 6. The summed E-state index contributed by atoms with van der Waals surface area (Å²) in [4.78, 5) is 30.3. The van der Waals surface area contributed by atoms with Crippen molar-refractivity contribution in [2.24, 2.45) is 7.05 Å². The zero-order valence-electron chi connectivity index (χ0n) is 20.5. The van der Waals surface area contributed by atoms with Gasteiger partial charge in [0.1, 0.15) is 23.7 Å². The van der Waals surface area contributed by atoms with Gasteiger partial charge in [-0.05, 0) is 63.9 Å². The second kappa shape index (κ2) is 9.03. The number of aryl methyl sites for hydroxylation is 2. The monoisotopic (exact) mass is 478 g/mol. The van der Waals surface area contributed by atoms with E-state index in [1.165, 1.54) is 10.7 Å². The Hall–Kier alpha value is -3.92. The average molecular weight is 479 g/mol. The lowest BCUT2D eigenvalue weighted by atomic mass is 10.1. The fourth-order valence-electron chi connectivity index (χ4n) is 3.68. The highest BCUT2D eigenvalue weighted by Crippen LogP contribution is 2.25. The van der Waals surface area contributed by atoms with E-state index in [4.69, 9.17) is 4.74 Å². The molecule has 0 spiro atoms. The Kier molecular flexibility index (Phi) is 6.25. The van der Waals surface area contributed by atoms with E-state index in [1.807, 2.05) is 6.92 Å². The van der Waals surface area contributed by atoms with Crippen LogP contribution < -0.4 is 10.3 Å². The van der Waals surface area contributed by atoms with E-state index in [0.717, 1.165) is 5.56 Å². The average Bonchev–Trinajstić information content (AvgIpc) is 3.01. The highest BCUT2D eigenvalue weighted by Gasteiger charge is 2.22. The van der Waals surface area contributed by atoms with Gasteiger partial charge < -0.3 is 9.84 Å². The molecule has 0 aliphatic heterocycles. The van der Waals surface area contributed by atoms with E-state index >= 15 is 0 Å². The van der Waals surface area contributed by atoms with Gasteiger partial charge in [-0.3, -0.25) is 14.8 Å². The van der Waals surface area contributed by atoms with Crippen LogP contribution in [0.25, 0.3) is 17.1 Å². The lowest BCUT2D eigenvalue weighted by Gasteiger charge is -2.16. The van der Waals surface area contributed by atoms with E-state index in [2.05, 4.69) is 19.9 Å². The fraction of sp³-hybridized carbons (Fsp3) is 0.320. The number of hydrogen-bond acceptors (Lipinski definition) is 7. The Morgan fingerprint density at radius 2 is 1.83 bits per heavy atom. The van der Waals surface area contributed by atoms with Crippen LogP contribution in [-0.4, -0.2) is 34.4 Å². The predicted molar refractivity (Wildman–Crippen MR) is 128 cm³/mol. The SMILES string of the molecule is Cc1cnc(COc2c(C)c(=O)n(-c3cc(-c4ccnc(C(C)(C)O)n4)ncc3C)n2C)c(F)c1. The van der Waals surface area contributed by atoms with Crippen molar-refractivity contribution in [1.82, 2.24) is 29.3 Å². The van der Waals surface area contributed by atoms with Crippen molar-refractivity contribution in [1.29, 1.82) is 0 Å². The summed E-state index contributed by atoms with van der Waals surface area (Å²) < 4.78 is 23.1. The number of rotatable bonds is 6. The Labute approximate surface area is 201 Å². The number of aliphatic hydroxyl groups is 1. The summed E-state index contributed by atoms with van der Waals surface area (Å²) in [7, 11) is 1.69. The van der Waals surface area contributed by atoms with Gasteiger partial charge in [-0.25, -0.2) is 23.7 Å². The van der Waals surface area contributed by atoms with Crippen molar-refractivity contribution in [3.8, 4) is 23.0 Å². The molecule has 0 saturated heterocycles. The zero-order chi connectivity index (χ0) is 25.5. The van der Waals surface area contributed by atoms with Crippen LogP contribution in [0.15, 0.2) is 41.6 Å².